The van der Waals surface area contributed by atoms with Crippen molar-refractivity contribution in [1.29, 1.82) is 0 Å². The maximum absolute atomic E-state index is 11.7. The van der Waals surface area contributed by atoms with E-state index in [0.717, 1.165) is 12.8 Å². The zero-order chi connectivity index (χ0) is 19.2. The average molecular weight is 381 g/mol. The maximum atomic E-state index is 11.7. The summed E-state index contributed by atoms with van der Waals surface area (Å²) in [5.74, 6) is 0. The Bertz CT molecular complexity index is 361. The van der Waals surface area contributed by atoms with Crippen LogP contribution in [0.5, 0.6) is 0 Å². The highest BCUT2D eigenvalue weighted by atomic mass is 31.2. The molecule has 0 fully saturated rings. The molecule has 0 spiro atoms. The molecule has 0 bridgehead atoms. The molecule has 0 aliphatic rings. The first-order valence-corrected chi connectivity index (χ1v) is 11.3. The summed E-state index contributed by atoms with van der Waals surface area (Å²) in [4.78, 5) is 11.7. The third-order valence-electron chi connectivity index (χ3n) is 4.19. The highest BCUT2D eigenvalue weighted by Crippen LogP contribution is 2.37. The first kappa shape index (κ1) is 25.0. The average Bonchev–Trinajstić information content (AvgIpc) is 2.51. The first-order chi connectivity index (χ1) is 11.7. The second kappa shape index (κ2) is 14.1. The van der Waals surface area contributed by atoms with E-state index >= 15 is 0 Å². The van der Waals surface area contributed by atoms with Crippen molar-refractivity contribution in [3.05, 3.63) is 0 Å². The molecule has 0 saturated heterocycles. The Kier molecular flexibility index (Phi) is 14.1. The van der Waals surface area contributed by atoms with Gasteiger partial charge in [0, 0.05) is 12.6 Å². The molecule has 0 saturated carbocycles. The molecule has 7 heteroatoms. The van der Waals surface area contributed by atoms with Gasteiger partial charge in [-0.05, 0) is 12.8 Å². The summed E-state index contributed by atoms with van der Waals surface area (Å²) in [7, 11) is 1.77. The van der Waals surface area contributed by atoms with Gasteiger partial charge in [-0.3, -0.25) is 4.57 Å². The minimum Gasteiger partial charge on any atom is -0.756 e. The van der Waals surface area contributed by atoms with Gasteiger partial charge in [-0.15, -0.1) is 0 Å². The van der Waals surface area contributed by atoms with Crippen LogP contribution in [0.3, 0.4) is 0 Å². The molecule has 2 unspecified atom stereocenters. The second-order valence-electron chi connectivity index (χ2n) is 7.74. The molecule has 0 aliphatic heterocycles. The topological polar surface area (TPSA) is 70.6 Å². The highest BCUT2D eigenvalue weighted by Gasteiger charge is 2.13. The number of hydrogen-bond donors (Lipinski definition) is 1. The smallest absolute Gasteiger partial charge is 0.268 e. The lowest BCUT2D eigenvalue weighted by atomic mass is 10.0. The van der Waals surface area contributed by atoms with Crippen molar-refractivity contribution in [2.75, 3.05) is 47.4 Å². The van der Waals surface area contributed by atoms with Crippen LogP contribution in [0.4, 0.5) is 0 Å². The quantitative estimate of drug-likeness (QED) is 0.238. The Balaban J connectivity index is 3.75. The van der Waals surface area contributed by atoms with Gasteiger partial charge in [-0.2, -0.15) is 0 Å². The molecule has 1 N–H and O–H groups in total. The molecule has 2 atom stereocenters. The summed E-state index contributed by atoms with van der Waals surface area (Å²) >= 11 is 0. The normalized spacial score (nSPS) is 15.9. The fraction of sp³-hybridized carbons (Fsp3) is 1.00. The maximum Gasteiger partial charge on any atom is 0.268 e. The Hall–Kier alpha value is 0.0300. The first-order valence-electron chi connectivity index (χ1n) is 9.84. The van der Waals surface area contributed by atoms with Crippen molar-refractivity contribution in [3.63, 3.8) is 0 Å². The summed E-state index contributed by atoms with van der Waals surface area (Å²) in [5.41, 5.74) is 0. The van der Waals surface area contributed by atoms with Crippen molar-refractivity contribution in [3.8, 4) is 0 Å². The van der Waals surface area contributed by atoms with Crippen molar-refractivity contribution < 1.29 is 23.0 Å². The van der Waals surface area contributed by atoms with E-state index in [0.29, 0.717) is 23.6 Å². The molecular weight excluding hydrogens is 339 g/mol. The van der Waals surface area contributed by atoms with Crippen molar-refractivity contribution in [2.45, 2.75) is 71.3 Å². The molecular formula is C18H41N2O4P. The number of phosphoric ester groups is 1. The van der Waals surface area contributed by atoms with Crippen LogP contribution in [0.2, 0.25) is 0 Å². The van der Waals surface area contributed by atoms with E-state index in [1.165, 1.54) is 38.5 Å². The second-order valence-corrected chi connectivity index (χ2v) is 9.15. The number of rotatable bonds is 17. The molecule has 0 radical (unpaired) electrons. The van der Waals surface area contributed by atoms with Crippen LogP contribution in [0.25, 0.3) is 0 Å². The number of nitrogens with zero attached hydrogens (tertiary/aromatic N) is 1. The van der Waals surface area contributed by atoms with E-state index in [9.17, 15) is 9.46 Å². The Labute approximate surface area is 155 Å². The summed E-state index contributed by atoms with van der Waals surface area (Å²) < 4.78 is 22.1. The van der Waals surface area contributed by atoms with Gasteiger partial charge in [0.2, 0.25) is 0 Å². The van der Waals surface area contributed by atoms with Gasteiger partial charge in [0.1, 0.15) is 13.2 Å². The van der Waals surface area contributed by atoms with Crippen LogP contribution in [0, 0.1) is 0 Å². The Morgan fingerprint density at radius 3 is 2.20 bits per heavy atom. The van der Waals surface area contributed by atoms with Crippen LogP contribution in [0.15, 0.2) is 0 Å². The number of likely N-dealkylation sites (N-methyl/N-ethyl adjacent to an activating group) is 1. The molecule has 0 rings (SSSR count). The predicted octanol–water partition coefficient (Wildman–Crippen LogP) is 3.31. The minimum atomic E-state index is -4.18. The number of quaternary nitrogens is 1. The molecule has 0 aromatic carbocycles. The van der Waals surface area contributed by atoms with Crippen LogP contribution in [0.1, 0.15) is 65.2 Å². The van der Waals surface area contributed by atoms with E-state index in [-0.39, 0.29) is 13.2 Å². The van der Waals surface area contributed by atoms with Gasteiger partial charge in [0.25, 0.3) is 7.82 Å². The van der Waals surface area contributed by atoms with Crippen LogP contribution in [-0.2, 0) is 13.6 Å². The lowest BCUT2D eigenvalue weighted by Crippen LogP contribution is -2.37. The SMILES string of the molecule is CCCCCCCCC(CC)NCCOP(=O)([O-])OCC[N+](C)(C)C. The molecule has 0 aromatic heterocycles. The van der Waals surface area contributed by atoms with Crippen LogP contribution < -0.4 is 10.2 Å². The Morgan fingerprint density at radius 1 is 1.00 bits per heavy atom. The zero-order valence-corrected chi connectivity index (χ0v) is 18.0. The van der Waals surface area contributed by atoms with Gasteiger partial charge in [0.15, 0.2) is 0 Å². The van der Waals surface area contributed by atoms with Crippen LogP contribution >= 0.6 is 7.82 Å². The zero-order valence-electron chi connectivity index (χ0n) is 17.1. The van der Waals surface area contributed by atoms with Gasteiger partial charge < -0.3 is 23.7 Å². The summed E-state index contributed by atoms with van der Waals surface area (Å²) in [6, 6.07) is 0.430. The number of phosphoric acid groups is 1. The lowest BCUT2D eigenvalue weighted by molar-refractivity contribution is -0.870. The van der Waals surface area contributed by atoms with E-state index in [1.807, 2.05) is 21.1 Å². The largest absolute Gasteiger partial charge is 0.756 e. The van der Waals surface area contributed by atoms with Crippen molar-refractivity contribution >= 4 is 7.82 Å². The van der Waals surface area contributed by atoms with Gasteiger partial charge >= 0.3 is 0 Å². The van der Waals surface area contributed by atoms with Gasteiger partial charge in [-0.25, -0.2) is 0 Å². The summed E-state index contributed by atoms with van der Waals surface area (Å²) in [6.07, 6.45) is 9.95. The van der Waals surface area contributed by atoms with Gasteiger partial charge in [-0.1, -0.05) is 52.4 Å². The van der Waals surface area contributed by atoms with Crippen LogP contribution in [-0.4, -0.2) is 58.0 Å². The summed E-state index contributed by atoms with van der Waals surface area (Å²) in [6.45, 7) is 5.80. The molecule has 0 amide bonds. The van der Waals surface area contributed by atoms with E-state index in [4.69, 9.17) is 9.05 Å². The third kappa shape index (κ3) is 17.2. The minimum absolute atomic E-state index is 0.123. The number of unbranched alkanes of at least 4 members (excludes halogenated alkanes) is 5. The molecule has 6 nitrogen and oxygen atoms in total. The number of nitrogens with one attached hydrogen (secondary N) is 1. The lowest BCUT2D eigenvalue weighted by Gasteiger charge is -2.27. The van der Waals surface area contributed by atoms with Crippen molar-refractivity contribution in [2.24, 2.45) is 0 Å². The summed E-state index contributed by atoms with van der Waals surface area (Å²) in [5, 5.41) is 3.38. The number of hydrogen-bond acceptors (Lipinski definition) is 5. The monoisotopic (exact) mass is 380 g/mol. The molecule has 0 aliphatic carbocycles. The molecule has 152 valence electrons. The standard InChI is InChI=1S/C18H41N2O4P/c1-6-8-9-10-11-12-13-18(7-2)19-14-16-23-25(21,22)24-17-15-20(3,4)5/h18-19H,6-17H2,1-5H3. The third-order valence-corrected chi connectivity index (χ3v) is 5.19. The fourth-order valence-electron chi connectivity index (χ4n) is 2.51. The molecule has 0 heterocycles. The molecule has 25 heavy (non-hydrogen) atoms. The van der Waals surface area contributed by atoms with E-state index < -0.39 is 7.82 Å². The van der Waals surface area contributed by atoms with Crippen molar-refractivity contribution in [1.82, 2.24) is 5.32 Å². The molecule has 0 aromatic rings. The fourth-order valence-corrected chi connectivity index (χ4v) is 3.20. The van der Waals surface area contributed by atoms with E-state index in [1.54, 1.807) is 0 Å². The van der Waals surface area contributed by atoms with Gasteiger partial charge in [0.05, 0.1) is 27.7 Å². The highest BCUT2D eigenvalue weighted by molar-refractivity contribution is 7.45. The van der Waals surface area contributed by atoms with E-state index in [2.05, 4.69) is 19.2 Å². The predicted molar refractivity (Wildman–Crippen MR) is 102 cm³/mol. The Morgan fingerprint density at radius 2 is 1.60 bits per heavy atom.